The van der Waals surface area contributed by atoms with Crippen LogP contribution in [0.3, 0.4) is 0 Å². The number of rotatable bonds is 4. The van der Waals surface area contributed by atoms with Crippen LogP contribution in [0.1, 0.15) is 29.2 Å². The molecule has 4 rings (SSSR count). The summed E-state index contributed by atoms with van der Waals surface area (Å²) in [5.74, 6) is 0. The molecule has 3 aromatic carbocycles. The molecule has 5 nitrogen and oxygen atoms in total. The fourth-order valence-electron chi connectivity index (χ4n) is 3.34. The first-order valence-corrected chi connectivity index (χ1v) is 9.33. The van der Waals surface area contributed by atoms with E-state index >= 15 is 0 Å². The number of aryl methyl sites for hydroxylation is 1. The highest BCUT2D eigenvalue weighted by molar-refractivity contribution is 6.30. The molecule has 0 saturated carbocycles. The van der Waals surface area contributed by atoms with Crippen LogP contribution < -0.4 is 5.01 Å². The van der Waals surface area contributed by atoms with Crippen molar-refractivity contribution in [2.24, 2.45) is 5.10 Å². The van der Waals surface area contributed by atoms with Crippen LogP contribution in [-0.2, 0) is 0 Å². The monoisotopic (exact) mass is 391 g/mol. The highest BCUT2D eigenvalue weighted by atomic mass is 35.5. The summed E-state index contributed by atoms with van der Waals surface area (Å²) in [5.41, 5.74) is 5.23. The van der Waals surface area contributed by atoms with E-state index in [2.05, 4.69) is 31.2 Å². The van der Waals surface area contributed by atoms with Crippen molar-refractivity contribution in [1.82, 2.24) is 0 Å². The average Bonchev–Trinajstić information content (AvgIpc) is 3.14. The molecule has 0 N–H and O–H groups in total. The quantitative estimate of drug-likeness (QED) is 0.410. The molecule has 1 heterocycles. The first kappa shape index (κ1) is 18.2. The fraction of sp³-hybridized carbons (Fsp3) is 0.136. The zero-order chi connectivity index (χ0) is 19.7. The molecule has 0 aliphatic carbocycles. The van der Waals surface area contributed by atoms with Gasteiger partial charge in [0.2, 0.25) is 0 Å². The number of hydrazone groups is 1. The van der Waals surface area contributed by atoms with Crippen molar-refractivity contribution in [2.45, 2.75) is 19.4 Å². The largest absolute Gasteiger partial charge is 0.269 e. The van der Waals surface area contributed by atoms with Gasteiger partial charge in [-0.05, 0) is 42.3 Å². The number of anilines is 1. The van der Waals surface area contributed by atoms with Crippen molar-refractivity contribution < 1.29 is 4.92 Å². The third-order valence-corrected chi connectivity index (χ3v) is 5.13. The molecule has 28 heavy (non-hydrogen) atoms. The number of nitro benzene ring substituents is 1. The Kier molecular flexibility index (Phi) is 4.84. The second-order valence-corrected chi connectivity index (χ2v) is 7.24. The van der Waals surface area contributed by atoms with E-state index < -0.39 is 4.92 Å². The maximum Gasteiger partial charge on any atom is 0.269 e. The van der Waals surface area contributed by atoms with Gasteiger partial charge in [0.25, 0.3) is 5.69 Å². The first-order valence-electron chi connectivity index (χ1n) is 8.95. The molecule has 0 amide bonds. The summed E-state index contributed by atoms with van der Waals surface area (Å²) in [5, 5.41) is 18.4. The lowest BCUT2D eigenvalue weighted by atomic mass is 9.98. The Morgan fingerprint density at radius 2 is 1.64 bits per heavy atom. The molecule has 0 aromatic heterocycles. The summed E-state index contributed by atoms with van der Waals surface area (Å²) in [6.07, 6.45) is 0.738. The number of nitrogens with zero attached hydrogens (tertiary/aromatic N) is 3. The highest BCUT2D eigenvalue weighted by Gasteiger charge is 2.30. The van der Waals surface area contributed by atoms with E-state index in [9.17, 15) is 10.1 Å². The number of hydrogen-bond acceptors (Lipinski definition) is 4. The number of non-ortho nitro benzene ring substituents is 1. The van der Waals surface area contributed by atoms with Crippen LogP contribution in [0.25, 0.3) is 0 Å². The molecule has 3 aromatic rings. The molecule has 1 aliphatic heterocycles. The third kappa shape index (κ3) is 3.62. The summed E-state index contributed by atoms with van der Waals surface area (Å²) in [6, 6.07) is 22.5. The van der Waals surface area contributed by atoms with Gasteiger partial charge < -0.3 is 0 Å². The van der Waals surface area contributed by atoms with E-state index in [1.165, 1.54) is 17.7 Å². The van der Waals surface area contributed by atoms with E-state index in [0.29, 0.717) is 5.02 Å². The maximum absolute atomic E-state index is 11.0. The third-order valence-electron chi connectivity index (χ3n) is 4.88. The van der Waals surface area contributed by atoms with Crippen LogP contribution in [-0.4, -0.2) is 10.6 Å². The van der Waals surface area contributed by atoms with Crippen molar-refractivity contribution in [3.05, 3.63) is 105 Å². The predicted molar refractivity (Wildman–Crippen MR) is 112 cm³/mol. The molecule has 0 saturated heterocycles. The molecule has 0 bridgehead atoms. The van der Waals surface area contributed by atoms with Crippen molar-refractivity contribution in [3.63, 3.8) is 0 Å². The van der Waals surface area contributed by atoms with Crippen molar-refractivity contribution in [1.29, 1.82) is 0 Å². The molecular formula is C22H18ClN3O2. The summed E-state index contributed by atoms with van der Waals surface area (Å²) in [4.78, 5) is 10.6. The summed E-state index contributed by atoms with van der Waals surface area (Å²) in [6.45, 7) is 2.06. The van der Waals surface area contributed by atoms with Gasteiger partial charge in [0.15, 0.2) is 0 Å². The Morgan fingerprint density at radius 3 is 2.25 bits per heavy atom. The van der Waals surface area contributed by atoms with Gasteiger partial charge in [0.05, 0.1) is 22.4 Å². The zero-order valence-corrected chi connectivity index (χ0v) is 16.0. The van der Waals surface area contributed by atoms with Gasteiger partial charge in [0.1, 0.15) is 0 Å². The number of hydrogen-bond donors (Lipinski definition) is 0. The minimum atomic E-state index is -0.397. The second-order valence-electron chi connectivity index (χ2n) is 6.80. The standard InChI is InChI=1S/C22H18ClN3O2/c1-15-2-4-16(5-3-15)21-14-22(17-6-8-18(23)9-7-17)25(24-21)19-10-12-20(13-11-19)26(27)28/h2-13,22H,14H2,1H3. The number of halogens is 1. The normalized spacial score (nSPS) is 16.1. The first-order chi connectivity index (χ1) is 13.5. The van der Waals surface area contributed by atoms with E-state index in [1.54, 1.807) is 12.1 Å². The van der Waals surface area contributed by atoms with E-state index in [1.807, 2.05) is 29.3 Å². The van der Waals surface area contributed by atoms with Gasteiger partial charge in [-0.3, -0.25) is 15.1 Å². The van der Waals surface area contributed by atoms with Gasteiger partial charge in [-0.25, -0.2) is 0 Å². The minimum absolute atomic E-state index is 0.00461. The van der Waals surface area contributed by atoms with Crippen LogP contribution in [0.5, 0.6) is 0 Å². The summed E-state index contributed by atoms with van der Waals surface area (Å²) < 4.78 is 0. The van der Waals surface area contributed by atoms with Crippen LogP contribution >= 0.6 is 11.6 Å². The van der Waals surface area contributed by atoms with Crippen LogP contribution in [0.2, 0.25) is 5.02 Å². The number of benzene rings is 3. The Morgan fingerprint density at radius 1 is 1.00 bits per heavy atom. The minimum Gasteiger partial charge on any atom is -0.258 e. The lowest BCUT2D eigenvalue weighted by molar-refractivity contribution is -0.384. The lowest BCUT2D eigenvalue weighted by Gasteiger charge is -2.24. The summed E-state index contributed by atoms with van der Waals surface area (Å²) in [7, 11) is 0. The maximum atomic E-state index is 11.0. The Hall–Kier alpha value is -3.18. The van der Waals surface area contributed by atoms with Crippen LogP contribution in [0.15, 0.2) is 77.9 Å². The molecule has 1 atom stereocenters. The molecule has 1 unspecified atom stereocenters. The van der Waals surface area contributed by atoms with E-state index in [0.717, 1.165) is 28.9 Å². The fourth-order valence-corrected chi connectivity index (χ4v) is 3.47. The van der Waals surface area contributed by atoms with Gasteiger partial charge in [-0.1, -0.05) is 53.6 Å². The van der Waals surface area contributed by atoms with Crippen LogP contribution in [0.4, 0.5) is 11.4 Å². The van der Waals surface area contributed by atoms with Gasteiger partial charge in [-0.2, -0.15) is 5.10 Å². The molecule has 140 valence electrons. The van der Waals surface area contributed by atoms with Crippen molar-refractivity contribution in [2.75, 3.05) is 5.01 Å². The van der Waals surface area contributed by atoms with Crippen LogP contribution in [0, 0.1) is 17.0 Å². The SMILES string of the molecule is Cc1ccc(C2=NN(c3ccc([N+](=O)[O-])cc3)C(c3ccc(Cl)cc3)C2)cc1. The second kappa shape index (κ2) is 7.44. The average molecular weight is 392 g/mol. The van der Waals surface area contributed by atoms with Gasteiger partial charge in [-0.15, -0.1) is 0 Å². The van der Waals surface area contributed by atoms with Crippen molar-refractivity contribution in [3.8, 4) is 0 Å². The Labute approximate surface area is 168 Å². The van der Waals surface area contributed by atoms with Crippen molar-refractivity contribution >= 4 is 28.7 Å². The number of nitro groups is 1. The topological polar surface area (TPSA) is 58.7 Å². The predicted octanol–water partition coefficient (Wildman–Crippen LogP) is 5.91. The highest BCUT2D eigenvalue weighted by Crippen LogP contribution is 2.37. The summed E-state index contributed by atoms with van der Waals surface area (Å²) >= 11 is 6.05. The van der Waals surface area contributed by atoms with Gasteiger partial charge in [0, 0.05) is 23.6 Å². The molecule has 0 radical (unpaired) electrons. The lowest BCUT2D eigenvalue weighted by Crippen LogP contribution is -2.18. The molecule has 1 aliphatic rings. The smallest absolute Gasteiger partial charge is 0.258 e. The molecular weight excluding hydrogens is 374 g/mol. The zero-order valence-electron chi connectivity index (χ0n) is 15.2. The molecule has 0 spiro atoms. The van der Waals surface area contributed by atoms with E-state index in [4.69, 9.17) is 16.7 Å². The molecule has 0 fully saturated rings. The van der Waals surface area contributed by atoms with E-state index in [-0.39, 0.29) is 11.7 Å². The Bertz CT molecular complexity index is 1030. The Balaban J connectivity index is 1.73. The molecule has 6 heteroatoms. The van der Waals surface area contributed by atoms with Gasteiger partial charge >= 0.3 is 0 Å².